The summed E-state index contributed by atoms with van der Waals surface area (Å²) in [5, 5.41) is 0. The highest BCUT2D eigenvalue weighted by Crippen LogP contribution is 2.29. The summed E-state index contributed by atoms with van der Waals surface area (Å²) >= 11 is 0. The normalized spacial score (nSPS) is 10.7. The lowest BCUT2D eigenvalue weighted by molar-refractivity contribution is -0.129. The molecule has 0 saturated carbocycles. The van der Waals surface area contributed by atoms with Gasteiger partial charge in [-0.05, 0) is 59.5 Å². The first-order chi connectivity index (χ1) is 14.9. The van der Waals surface area contributed by atoms with Crippen LogP contribution in [0.5, 0.6) is 17.2 Å². The van der Waals surface area contributed by atoms with Gasteiger partial charge in [-0.2, -0.15) is 0 Å². The van der Waals surface area contributed by atoms with E-state index in [-0.39, 0.29) is 5.75 Å². The Labute approximate surface area is 181 Å². The summed E-state index contributed by atoms with van der Waals surface area (Å²) in [6.45, 7) is 5.83. The van der Waals surface area contributed by atoms with Gasteiger partial charge in [0.2, 0.25) is 0 Å². The molecule has 158 valence electrons. The maximum absolute atomic E-state index is 14.5. The van der Waals surface area contributed by atoms with E-state index in [0.29, 0.717) is 22.6 Å². The van der Waals surface area contributed by atoms with E-state index in [0.717, 1.165) is 16.7 Å². The van der Waals surface area contributed by atoms with Crippen molar-refractivity contribution in [1.82, 2.24) is 0 Å². The van der Waals surface area contributed by atoms with Crippen molar-refractivity contribution < 1.29 is 23.4 Å². The van der Waals surface area contributed by atoms with Crippen molar-refractivity contribution >= 4 is 17.6 Å². The number of methoxy groups -OCH3 is 2. The lowest BCUT2D eigenvalue weighted by atomic mass is 10.0. The fraction of sp³-hybridized carbons (Fsp3) is 0.115. The number of benzene rings is 3. The molecular weight excluding hydrogens is 395 g/mol. The number of hydrogen-bond acceptors (Lipinski definition) is 4. The Morgan fingerprint density at radius 2 is 1.52 bits per heavy atom. The van der Waals surface area contributed by atoms with Crippen LogP contribution in [0.3, 0.4) is 0 Å². The van der Waals surface area contributed by atoms with Crippen molar-refractivity contribution in [2.24, 2.45) is 0 Å². The molecule has 0 radical (unpaired) electrons. The number of carbonyl (C=O) groups is 1. The second kappa shape index (κ2) is 9.76. The van der Waals surface area contributed by atoms with Crippen molar-refractivity contribution in [1.29, 1.82) is 0 Å². The van der Waals surface area contributed by atoms with E-state index >= 15 is 0 Å². The number of hydrogen-bond donors (Lipinski definition) is 0. The molecule has 0 N–H and O–H groups in total. The van der Waals surface area contributed by atoms with Gasteiger partial charge in [0.25, 0.3) is 0 Å². The van der Waals surface area contributed by atoms with Crippen LogP contribution in [0.1, 0.15) is 18.1 Å². The third-order valence-corrected chi connectivity index (χ3v) is 4.67. The van der Waals surface area contributed by atoms with E-state index in [1.807, 2.05) is 31.2 Å². The van der Waals surface area contributed by atoms with Gasteiger partial charge in [0.05, 0.1) is 14.2 Å². The quantitative estimate of drug-likeness (QED) is 0.262. The van der Waals surface area contributed by atoms with Gasteiger partial charge < -0.3 is 14.2 Å². The first-order valence-corrected chi connectivity index (χ1v) is 9.59. The number of carbonyl (C=O) groups excluding carboxylic acids is 1. The molecule has 0 saturated heterocycles. The number of ether oxygens (including phenoxy) is 3. The van der Waals surface area contributed by atoms with Gasteiger partial charge in [0.1, 0.15) is 0 Å². The predicted octanol–water partition coefficient (Wildman–Crippen LogP) is 6.16. The maximum Gasteiger partial charge on any atom is 0.336 e. The molecule has 0 heterocycles. The topological polar surface area (TPSA) is 44.8 Å². The molecule has 0 unspecified atom stereocenters. The Morgan fingerprint density at radius 1 is 0.871 bits per heavy atom. The fourth-order valence-corrected chi connectivity index (χ4v) is 2.97. The number of esters is 1. The third-order valence-electron chi connectivity index (χ3n) is 4.67. The van der Waals surface area contributed by atoms with E-state index in [4.69, 9.17) is 14.2 Å². The lowest BCUT2D eigenvalue weighted by Crippen LogP contribution is -2.05. The van der Waals surface area contributed by atoms with E-state index in [1.165, 1.54) is 25.3 Å². The summed E-state index contributed by atoms with van der Waals surface area (Å²) in [5.41, 5.74) is 4.24. The van der Waals surface area contributed by atoms with Gasteiger partial charge in [-0.3, -0.25) is 0 Å². The lowest BCUT2D eigenvalue weighted by Gasteiger charge is -2.08. The van der Waals surface area contributed by atoms with Crippen LogP contribution in [0.15, 0.2) is 73.3 Å². The highest BCUT2D eigenvalue weighted by Gasteiger charge is 2.10. The molecule has 0 atom stereocenters. The van der Waals surface area contributed by atoms with E-state index < -0.39 is 11.8 Å². The highest BCUT2D eigenvalue weighted by atomic mass is 19.1. The molecule has 0 amide bonds. The minimum atomic E-state index is -0.688. The molecule has 0 aliphatic rings. The summed E-state index contributed by atoms with van der Waals surface area (Å²) < 4.78 is 30.1. The minimum absolute atomic E-state index is 0.135. The van der Waals surface area contributed by atoms with Gasteiger partial charge >= 0.3 is 5.97 Å². The second-order valence-electron chi connectivity index (χ2n) is 6.87. The Morgan fingerprint density at radius 3 is 2.13 bits per heavy atom. The van der Waals surface area contributed by atoms with E-state index in [9.17, 15) is 9.18 Å². The van der Waals surface area contributed by atoms with Crippen LogP contribution < -0.4 is 14.2 Å². The summed E-state index contributed by atoms with van der Waals surface area (Å²) in [6, 6.07) is 17.4. The molecule has 3 rings (SSSR count). The smallest absolute Gasteiger partial charge is 0.336 e. The van der Waals surface area contributed by atoms with Crippen molar-refractivity contribution in [3.63, 3.8) is 0 Å². The second-order valence-corrected chi connectivity index (χ2v) is 6.87. The molecule has 0 bridgehead atoms. The Balaban J connectivity index is 1.70. The minimum Gasteiger partial charge on any atom is -0.493 e. The summed E-state index contributed by atoms with van der Waals surface area (Å²) in [4.78, 5) is 12.1. The van der Waals surface area contributed by atoms with Crippen molar-refractivity contribution in [2.45, 2.75) is 6.92 Å². The molecule has 0 aromatic heterocycles. The van der Waals surface area contributed by atoms with Gasteiger partial charge in [0.15, 0.2) is 23.1 Å². The largest absolute Gasteiger partial charge is 0.493 e. The zero-order valence-corrected chi connectivity index (χ0v) is 17.6. The molecule has 0 fully saturated rings. The average molecular weight is 418 g/mol. The van der Waals surface area contributed by atoms with Crippen LogP contribution >= 0.6 is 0 Å². The first-order valence-electron chi connectivity index (χ1n) is 9.59. The van der Waals surface area contributed by atoms with Crippen LogP contribution in [0, 0.1) is 5.82 Å². The Bertz CT molecular complexity index is 1130. The zero-order chi connectivity index (χ0) is 22.4. The molecule has 0 spiro atoms. The van der Waals surface area contributed by atoms with Crippen LogP contribution in [0.2, 0.25) is 0 Å². The standard InChI is InChI=1S/C26H23FO4/c1-17(2)19-7-9-20(10-8-19)21-11-13-23(22(27)16-21)31-26(28)14-6-18-5-12-24(29-3)25(15-18)30-4/h5-16H,1H2,2-4H3/b14-6+. The average Bonchev–Trinajstić information content (AvgIpc) is 2.78. The van der Waals surface area contributed by atoms with Gasteiger partial charge in [-0.15, -0.1) is 0 Å². The van der Waals surface area contributed by atoms with Crippen LogP contribution in [-0.2, 0) is 4.79 Å². The Hall–Kier alpha value is -3.86. The van der Waals surface area contributed by atoms with Crippen molar-refractivity contribution in [3.05, 3.63) is 90.3 Å². The SMILES string of the molecule is C=C(C)c1ccc(-c2ccc(OC(=O)/C=C/c3ccc(OC)c(OC)c3)c(F)c2)cc1. The van der Waals surface area contributed by atoms with Gasteiger partial charge in [-0.1, -0.05) is 48.6 Å². The molecule has 4 nitrogen and oxygen atoms in total. The van der Waals surface area contributed by atoms with Crippen LogP contribution in [-0.4, -0.2) is 20.2 Å². The van der Waals surface area contributed by atoms with Crippen molar-refractivity contribution in [2.75, 3.05) is 14.2 Å². The molecule has 5 heteroatoms. The summed E-state index contributed by atoms with van der Waals surface area (Å²) in [6.07, 6.45) is 2.78. The Kier molecular flexibility index (Phi) is 6.88. The number of halogens is 1. The molecule has 3 aromatic carbocycles. The monoisotopic (exact) mass is 418 g/mol. The summed E-state index contributed by atoms with van der Waals surface area (Å²) in [7, 11) is 3.07. The fourth-order valence-electron chi connectivity index (χ4n) is 2.97. The molecule has 0 aliphatic heterocycles. The molecule has 3 aromatic rings. The van der Waals surface area contributed by atoms with Gasteiger partial charge in [0, 0.05) is 6.08 Å². The maximum atomic E-state index is 14.5. The van der Waals surface area contributed by atoms with Crippen LogP contribution in [0.4, 0.5) is 4.39 Å². The predicted molar refractivity (Wildman–Crippen MR) is 121 cm³/mol. The van der Waals surface area contributed by atoms with Gasteiger partial charge in [-0.25, -0.2) is 9.18 Å². The first kappa shape index (κ1) is 21.8. The third kappa shape index (κ3) is 5.39. The number of allylic oxidation sites excluding steroid dienone is 1. The van der Waals surface area contributed by atoms with E-state index in [1.54, 1.807) is 37.5 Å². The molecule has 31 heavy (non-hydrogen) atoms. The van der Waals surface area contributed by atoms with Crippen LogP contribution in [0.25, 0.3) is 22.8 Å². The zero-order valence-electron chi connectivity index (χ0n) is 17.6. The van der Waals surface area contributed by atoms with Crippen molar-refractivity contribution in [3.8, 4) is 28.4 Å². The number of rotatable bonds is 7. The highest BCUT2D eigenvalue weighted by molar-refractivity contribution is 5.89. The molecule has 0 aliphatic carbocycles. The summed E-state index contributed by atoms with van der Waals surface area (Å²) in [5.74, 6) is -0.319. The van der Waals surface area contributed by atoms with E-state index in [2.05, 4.69) is 6.58 Å². The molecular formula is C26H23FO4.